The van der Waals surface area contributed by atoms with Crippen molar-refractivity contribution in [1.29, 1.82) is 0 Å². The second-order valence-corrected chi connectivity index (χ2v) is 8.14. The predicted octanol–water partition coefficient (Wildman–Crippen LogP) is 3.64. The highest BCUT2D eigenvalue weighted by molar-refractivity contribution is 6.30. The van der Waals surface area contributed by atoms with Crippen molar-refractivity contribution in [3.63, 3.8) is 0 Å². The second kappa shape index (κ2) is 10.6. The summed E-state index contributed by atoms with van der Waals surface area (Å²) in [6.45, 7) is 5.45. The number of amides is 2. The summed E-state index contributed by atoms with van der Waals surface area (Å²) in [7, 11) is 0. The van der Waals surface area contributed by atoms with Crippen LogP contribution in [0.4, 0.5) is 5.69 Å². The molecular weight excluding hydrogens is 432 g/mol. The van der Waals surface area contributed by atoms with Crippen molar-refractivity contribution in [3.8, 4) is 0 Å². The van der Waals surface area contributed by atoms with Crippen LogP contribution in [0.25, 0.3) is 0 Å². The monoisotopic (exact) mass is 458 g/mol. The van der Waals surface area contributed by atoms with Gasteiger partial charge in [-0.15, -0.1) is 0 Å². The van der Waals surface area contributed by atoms with Gasteiger partial charge in [-0.3, -0.25) is 14.4 Å². The smallest absolute Gasteiger partial charge is 0.325 e. The third-order valence-electron chi connectivity index (χ3n) is 5.07. The average molecular weight is 459 g/mol. The number of ether oxygens (including phenoxy) is 2. The summed E-state index contributed by atoms with van der Waals surface area (Å²) in [5.41, 5.74) is 2.28. The zero-order valence-electron chi connectivity index (χ0n) is 18.3. The molecule has 2 aromatic carbocycles. The van der Waals surface area contributed by atoms with Gasteiger partial charge in [-0.1, -0.05) is 41.9 Å². The van der Waals surface area contributed by atoms with Gasteiger partial charge in [-0.05, 0) is 44.5 Å². The van der Waals surface area contributed by atoms with E-state index in [4.69, 9.17) is 21.1 Å². The molecule has 7 nitrogen and oxygen atoms in total. The normalized spacial score (nSPS) is 18.2. The van der Waals surface area contributed by atoms with Crippen molar-refractivity contribution in [2.45, 2.75) is 45.4 Å². The van der Waals surface area contributed by atoms with E-state index in [1.165, 1.54) is 0 Å². The molecule has 1 N–H and O–H groups in total. The zero-order valence-corrected chi connectivity index (χ0v) is 19.1. The van der Waals surface area contributed by atoms with E-state index in [2.05, 4.69) is 5.32 Å². The molecule has 0 saturated heterocycles. The first-order chi connectivity index (χ1) is 15.3. The molecule has 0 aliphatic carbocycles. The minimum Gasteiger partial charge on any atom is -0.465 e. The van der Waals surface area contributed by atoms with Crippen LogP contribution in [0.15, 0.2) is 48.5 Å². The maximum Gasteiger partial charge on any atom is 0.325 e. The van der Waals surface area contributed by atoms with E-state index in [1.807, 2.05) is 44.2 Å². The first-order valence-electron chi connectivity index (χ1n) is 10.6. The van der Waals surface area contributed by atoms with Crippen molar-refractivity contribution in [2.75, 3.05) is 18.1 Å². The highest BCUT2D eigenvalue weighted by Crippen LogP contribution is 2.40. The minimum atomic E-state index is -1.05. The van der Waals surface area contributed by atoms with Crippen molar-refractivity contribution in [1.82, 2.24) is 5.32 Å². The molecule has 1 heterocycles. The third-order valence-corrected chi connectivity index (χ3v) is 5.30. The van der Waals surface area contributed by atoms with Gasteiger partial charge in [0.25, 0.3) is 5.91 Å². The maximum absolute atomic E-state index is 13.5. The highest BCUT2D eigenvalue weighted by atomic mass is 35.5. The lowest BCUT2D eigenvalue weighted by atomic mass is 9.99. The molecule has 170 valence electrons. The molecule has 32 heavy (non-hydrogen) atoms. The number of carbonyl (C=O) groups excluding carboxylic acids is 3. The fourth-order valence-corrected chi connectivity index (χ4v) is 3.88. The van der Waals surface area contributed by atoms with Gasteiger partial charge < -0.3 is 19.7 Å². The van der Waals surface area contributed by atoms with Gasteiger partial charge in [0, 0.05) is 16.6 Å². The van der Waals surface area contributed by atoms with Crippen LogP contribution in [0.3, 0.4) is 0 Å². The molecule has 3 rings (SSSR count). The fourth-order valence-electron chi connectivity index (χ4n) is 3.70. The van der Waals surface area contributed by atoms with Crippen LogP contribution in [-0.4, -0.2) is 43.1 Å². The van der Waals surface area contributed by atoms with Crippen molar-refractivity contribution >= 4 is 35.1 Å². The van der Waals surface area contributed by atoms with Crippen LogP contribution < -0.4 is 10.2 Å². The molecule has 0 saturated carbocycles. The molecule has 1 aliphatic rings. The van der Waals surface area contributed by atoms with Gasteiger partial charge in [0.1, 0.15) is 18.8 Å². The van der Waals surface area contributed by atoms with Gasteiger partial charge in [0.15, 0.2) is 0 Å². The van der Waals surface area contributed by atoms with E-state index in [0.717, 1.165) is 11.1 Å². The zero-order chi connectivity index (χ0) is 23.3. The number of benzene rings is 2. The Kier molecular flexibility index (Phi) is 7.88. The van der Waals surface area contributed by atoms with Gasteiger partial charge in [-0.25, -0.2) is 0 Å². The minimum absolute atomic E-state index is 0.175. The Bertz CT molecular complexity index is 980. The van der Waals surface area contributed by atoms with Gasteiger partial charge in [0.05, 0.1) is 18.7 Å². The lowest BCUT2D eigenvalue weighted by molar-refractivity contribution is -0.144. The predicted molar refractivity (Wildman–Crippen MR) is 121 cm³/mol. The Morgan fingerprint density at radius 1 is 1.19 bits per heavy atom. The number of nitrogens with zero attached hydrogens (tertiary/aromatic N) is 1. The topological polar surface area (TPSA) is 84.9 Å². The molecule has 0 unspecified atom stereocenters. The van der Waals surface area contributed by atoms with Crippen LogP contribution >= 0.6 is 11.6 Å². The van der Waals surface area contributed by atoms with Crippen LogP contribution in [0.2, 0.25) is 5.02 Å². The Balaban J connectivity index is 1.95. The van der Waals surface area contributed by atoms with Crippen LogP contribution in [0, 0.1) is 0 Å². The summed E-state index contributed by atoms with van der Waals surface area (Å²) < 4.78 is 11.1. The largest absolute Gasteiger partial charge is 0.465 e. The summed E-state index contributed by atoms with van der Waals surface area (Å²) >= 11 is 6.30. The molecule has 0 aromatic heterocycles. The van der Waals surface area contributed by atoms with Gasteiger partial charge in [-0.2, -0.15) is 0 Å². The quantitative estimate of drug-likeness (QED) is 0.640. The number of anilines is 1. The first kappa shape index (κ1) is 23.8. The average Bonchev–Trinajstić information content (AvgIpc) is 2.87. The highest BCUT2D eigenvalue weighted by Gasteiger charge is 2.38. The van der Waals surface area contributed by atoms with Gasteiger partial charge in [0.2, 0.25) is 5.91 Å². The molecule has 2 amide bonds. The van der Waals surface area contributed by atoms with E-state index in [9.17, 15) is 14.4 Å². The molecular formula is C24H27ClN2O5. The number of hydrogen-bond donors (Lipinski definition) is 1. The SMILES string of the molecule is CCOC(=O)CNC(=O)C[C@H]1O[C@@H](c2ccccc2)c2cc(Cl)ccc2N(C(C)C)C1=O. The number of carbonyl (C=O) groups is 3. The van der Waals surface area contributed by atoms with E-state index < -0.39 is 24.1 Å². The van der Waals surface area contributed by atoms with Crippen LogP contribution in [-0.2, 0) is 23.9 Å². The Hall–Kier alpha value is -2.90. The molecule has 1 aliphatic heterocycles. The fraction of sp³-hybridized carbons (Fsp3) is 0.375. The van der Waals surface area contributed by atoms with Crippen LogP contribution in [0.5, 0.6) is 0 Å². The summed E-state index contributed by atoms with van der Waals surface area (Å²) in [5.74, 6) is -1.34. The molecule has 2 aromatic rings. The standard InChI is InChI=1S/C24H27ClN2O5/c1-4-31-22(29)14-26-21(28)13-20-24(30)27(15(2)3)19-11-10-17(25)12-18(19)23(32-20)16-8-6-5-7-9-16/h5-12,15,20,23H,4,13-14H2,1-3H3,(H,26,28)/t20-,23+/m1/s1. The molecule has 2 atom stereocenters. The van der Waals surface area contributed by atoms with E-state index in [1.54, 1.807) is 30.0 Å². The number of hydrogen-bond acceptors (Lipinski definition) is 5. The lowest BCUT2D eigenvalue weighted by Crippen LogP contribution is -2.45. The maximum atomic E-state index is 13.5. The van der Waals surface area contributed by atoms with Crippen molar-refractivity contribution in [3.05, 3.63) is 64.7 Å². The molecule has 0 radical (unpaired) electrons. The van der Waals surface area contributed by atoms with E-state index >= 15 is 0 Å². The van der Waals surface area contributed by atoms with E-state index in [-0.39, 0.29) is 31.5 Å². The summed E-state index contributed by atoms with van der Waals surface area (Å²) in [4.78, 5) is 39.2. The number of halogens is 1. The van der Waals surface area contributed by atoms with Crippen LogP contribution in [0.1, 0.15) is 44.4 Å². The molecule has 0 spiro atoms. The summed E-state index contributed by atoms with van der Waals surface area (Å²) in [6.07, 6.45) is -1.87. The van der Waals surface area contributed by atoms with Crippen molar-refractivity contribution < 1.29 is 23.9 Å². The van der Waals surface area contributed by atoms with Crippen molar-refractivity contribution in [2.24, 2.45) is 0 Å². The summed E-state index contributed by atoms with van der Waals surface area (Å²) in [6, 6.07) is 14.6. The molecule has 0 fully saturated rings. The number of nitrogens with one attached hydrogen (secondary N) is 1. The second-order valence-electron chi connectivity index (χ2n) is 7.71. The molecule has 0 bridgehead atoms. The number of rotatable bonds is 7. The Labute approximate surface area is 192 Å². The number of fused-ring (bicyclic) bond motifs is 1. The van der Waals surface area contributed by atoms with Gasteiger partial charge >= 0.3 is 5.97 Å². The van der Waals surface area contributed by atoms with E-state index in [0.29, 0.717) is 10.7 Å². The Morgan fingerprint density at radius 2 is 1.91 bits per heavy atom. The molecule has 8 heteroatoms. The lowest BCUT2D eigenvalue weighted by Gasteiger charge is -2.28. The first-order valence-corrected chi connectivity index (χ1v) is 10.9. The third kappa shape index (κ3) is 5.47. The Morgan fingerprint density at radius 3 is 2.56 bits per heavy atom. The number of esters is 1. The summed E-state index contributed by atoms with van der Waals surface area (Å²) in [5, 5.41) is 3.02.